The van der Waals surface area contributed by atoms with Crippen molar-refractivity contribution in [3.05, 3.63) is 62.7 Å². The van der Waals surface area contributed by atoms with Crippen LogP contribution in [0.4, 0.5) is 0 Å². The molecule has 3 aromatic heterocycles. The maximum Gasteiger partial charge on any atom is 0.261 e. The molecular weight excluding hydrogens is 346 g/mol. The van der Waals surface area contributed by atoms with Crippen LogP contribution in [0.5, 0.6) is 0 Å². The number of pyridine rings is 1. The topological polar surface area (TPSA) is 114 Å². The second-order valence-electron chi connectivity index (χ2n) is 6.44. The summed E-state index contributed by atoms with van der Waals surface area (Å²) in [6.07, 6.45) is 2.15. The fourth-order valence-corrected chi connectivity index (χ4v) is 2.69. The fourth-order valence-electron chi connectivity index (χ4n) is 2.69. The molecule has 0 radical (unpaired) electrons. The van der Waals surface area contributed by atoms with Crippen LogP contribution in [0.25, 0.3) is 11.3 Å². The summed E-state index contributed by atoms with van der Waals surface area (Å²) < 4.78 is 5.30. The van der Waals surface area contributed by atoms with Crippen LogP contribution < -0.4 is 10.9 Å². The molecule has 0 bridgehead atoms. The lowest BCUT2D eigenvalue weighted by molar-refractivity contribution is 0.0952. The van der Waals surface area contributed by atoms with Gasteiger partial charge in [0, 0.05) is 30.9 Å². The SMILES string of the molecule is Cc1cc(-c2cnc(C)nc2CCNC(=O)c2cc(C)c(C)[nH]c2=O)on1. The second-order valence-corrected chi connectivity index (χ2v) is 6.44. The number of aryl methyl sites for hydroxylation is 4. The molecule has 8 heteroatoms. The summed E-state index contributed by atoms with van der Waals surface area (Å²) in [5, 5.41) is 6.66. The van der Waals surface area contributed by atoms with E-state index in [1.807, 2.05) is 19.9 Å². The molecule has 0 unspecified atom stereocenters. The number of hydrogen-bond donors (Lipinski definition) is 2. The molecular formula is C19H21N5O3. The molecule has 0 spiro atoms. The Kier molecular flexibility index (Phi) is 5.16. The summed E-state index contributed by atoms with van der Waals surface area (Å²) in [6, 6.07) is 3.41. The zero-order valence-electron chi connectivity index (χ0n) is 15.7. The van der Waals surface area contributed by atoms with Crippen LogP contribution in [0.3, 0.4) is 0 Å². The van der Waals surface area contributed by atoms with E-state index in [2.05, 4.69) is 25.4 Å². The number of hydrogen-bond acceptors (Lipinski definition) is 6. The Morgan fingerprint density at radius 2 is 2.00 bits per heavy atom. The second kappa shape index (κ2) is 7.53. The first kappa shape index (κ1) is 18.5. The predicted octanol–water partition coefficient (Wildman–Crippen LogP) is 2.03. The first-order valence-electron chi connectivity index (χ1n) is 8.60. The van der Waals surface area contributed by atoms with E-state index in [0.717, 1.165) is 28.2 Å². The molecule has 0 atom stereocenters. The van der Waals surface area contributed by atoms with E-state index in [-0.39, 0.29) is 5.56 Å². The Morgan fingerprint density at radius 3 is 2.70 bits per heavy atom. The summed E-state index contributed by atoms with van der Waals surface area (Å²) in [5.41, 5.74) is 3.55. The van der Waals surface area contributed by atoms with Crippen molar-refractivity contribution in [2.45, 2.75) is 34.1 Å². The van der Waals surface area contributed by atoms with Crippen molar-refractivity contribution in [2.75, 3.05) is 6.54 Å². The number of carbonyl (C=O) groups is 1. The molecule has 1 amide bonds. The van der Waals surface area contributed by atoms with Gasteiger partial charge in [0.25, 0.3) is 11.5 Å². The van der Waals surface area contributed by atoms with Crippen molar-refractivity contribution >= 4 is 5.91 Å². The van der Waals surface area contributed by atoms with Gasteiger partial charge in [0.15, 0.2) is 5.76 Å². The third-order valence-corrected chi connectivity index (χ3v) is 4.27. The lowest BCUT2D eigenvalue weighted by atomic mass is 10.1. The number of nitrogens with zero attached hydrogens (tertiary/aromatic N) is 3. The zero-order chi connectivity index (χ0) is 19.6. The van der Waals surface area contributed by atoms with Crippen molar-refractivity contribution in [3.63, 3.8) is 0 Å². The molecule has 8 nitrogen and oxygen atoms in total. The van der Waals surface area contributed by atoms with Gasteiger partial charge >= 0.3 is 0 Å². The average molecular weight is 367 g/mol. The third kappa shape index (κ3) is 4.11. The molecule has 0 aliphatic rings. The molecule has 0 fully saturated rings. The largest absolute Gasteiger partial charge is 0.356 e. The minimum atomic E-state index is -0.415. The number of amides is 1. The minimum Gasteiger partial charge on any atom is -0.356 e. The Hall–Kier alpha value is -3.29. The quantitative estimate of drug-likeness (QED) is 0.713. The summed E-state index contributed by atoms with van der Waals surface area (Å²) in [6.45, 7) is 7.59. The maximum absolute atomic E-state index is 12.4. The lowest BCUT2D eigenvalue weighted by Gasteiger charge is -2.09. The number of aromatic nitrogens is 4. The van der Waals surface area contributed by atoms with Gasteiger partial charge < -0.3 is 14.8 Å². The lowest BCUT2D eigenvalue weighted by Crippen LogP contribution is -2.31. The van der Waals surface area contributed by atoms with Gasteiger partial charge in [-0.1, -0.05) is 5.16 Å². The highest BCUT2D eigenvalue weighted by molar-refractivity contribution is 5.94. The molecule has 3 rings (SSSR count). The number of nitrogens with one attached hydrogen (secondary N) is 2. The van der Waals surface area contributed by atoms with Gasteiger partial charge in [-0.25, -0.2) is 9.97 Å². The monoisotopic (exact) mass is 367 g/mol. The number of H-pyrrole nitrogens is 1. The smallest absolute Gasteiger partial charge is 0.261 e. The Morgan fingerprint density at radius 1 is 1.22 bits per heavy atom. The van der Waals surface area contributed by atoms with Crippen LogP contribution >= 0.6 is 0 Å². The van der Waals surface area contributed by atoms with Crippen molar-refractivity contribution in [2.24, 2.45) is 0 Å². The van der Waals surface area contributed by atoms with Crippen molar-refractivity contribution in [3.8, 4) is 11.3 Å². The van der Waals surface area contributed by atoms with Gasteiger partial charge in [-0.2, -0.15) is 0 Å². The average Bonchev–Trinajstić information content (AvgIpc) is 3.04. The van der Waals surface area contributed by atoms with E-state index in [9.17, 15) is 9.59 Å². The van der Waals surface area contributed by atoms with Gasteiger partial charge in [-0.15, -0.1) is 0 Å². The van der Waals surface area contributed by atoms with E-state index < -0.39 is 11.5 Å². The number of aromatic amines is 1. The zero-order valence-corrected chi connectivity index (χ0v) is 15.7. The molecule has 3 aromatic rings. The maximum atomic E-state index is 12.4. The van der Waals surface area contributed by atoms with Crippen LogP contribution in [-0.2, 0) is 6.42 Å². The molecule has 0 saturated heterocycles. The van der Waals surface area contributed by atoms with Gasteiger partial charge in [0.2, 0.25) is 0 Å². The summed E-state index contributed by atoms with van der Waals surface area (Å²) in [4.78, 5) is 35.7. The van der Waals surface area contributed by atoms with Gasteiger partial charge in [-0.3, -0.25) is 9.59 Å². The van der Waals surface area contributed by atoms with E-state index >= 15 is 0 Å². The van der Waals surface area contributed by atoms with E-state index in [1.165, 1.54) is 0 Å². The highest BCUT2D eigenvalue weighted by atomic mass is 16.5. The molecule has 2 N–H and O–H groups in total. The van der Waals surface area contributed by atoms with Crippen LogP contribution in [-0.4, -0.2) is 32.6 Å². The highest BCUT2D eigenvalue weighted by Gasteiger charge is 2.15. The number of carbonyl (C=O) groups excluding carboxylic acids is 1. The van der Waals surface area contributed by atoms with Crippen molar-refractivity contribution in [1.29, 1.82) is 0 Å². The van der Waals surface area contributed by atoms with Crippen LogP contribution in [0, 0.1) is 27.7 Å². The normalized spacial score (nSPS) is 10.8. The predicted molar refractivity (Wildman–Crippen MR) is 99.6 cm³/mol. The standard InChI is InChI=1S/C19H21N5O3/c1-10-7-14(19(26)22-12(10)3)18(25)20-6-5-16-15(9-21-13(4)23-16)17-8-11(2)24-27-17/h7-9H,5-6H2,1-4H3,(H,20,25)(H,22,26). The Balaban J connectivity index is 1.74. The molecule has 3 heterocycles. The Bertz CT molecular complexity index is 1050. The molecule has 0 aliphatic heterocycles. The summed E-state index contributed by atoms with van der Waals surface area (Å²) in [7, 11) is 0. The van der Waals surface area contributed by atoms with Gasteiger partial charge in [0.05, 0.1) is 17.0 Å². The molecule has 0 aliphatic carbocycles. The molecule has 0 aromatic carbocycles. The fraction of sp³-hybridized carbons (Fsp3) is 0.316. The molecule has 0 saturated carbocycles. The number of rotatable bonds is 5. The Labute approximate surface area is 156 Å². The van der Waals surface area contributed by atoms with Crippen molar-refractivity contribution in [1.82, 2.24) is 25.4 Å². The van der Waals surface area contributed by atoms with Gasteiger partial charge in [-0.05, 0) is 39.3 Å². The first-order chi connectivity index (χ1) is 12.8. The summed E-state index contributed by atoms with van der Waals surface area (Å²) >= 11 is 0. The molecule has 140 valence electrons. The summed E-state index contributed by atoms with van der Waals surface area (Å²) in [5.74, 6) is 0.795. The molecule has 27 heavy (non-hydrogen) atoms. The van der Waals surface area contributed by atoms with E-state index in [4.69, 9.17) is 4.52 Å². The first-order valence-corrected chi connectivity index (χ1v) is 8.60. The van der Waals surface area contributed by atoms with E-state index in [1.54, 1.807) is 26.1 Å². The van der Waals surface area contributed by atoms with Crippen LogP contribution in [0.1, 0.15) is 38.8 Å². The van der Waals surface area contributed by atoms with Crippen LogP contribution in [0.15, 0.2) is 27.6 Å². The highest BCUT2D eigenvalue weighted by Crippen LogP contribution is 2.22. The third-order valence-electron chi connectivity index (χ3n) is 4.27. The van der Waals surface area contributed by atoms with Gasteiger partial charge in [0.1, 0.15) is 11.4 Å². The van der Waals surface area contributed by atoms with E-state index in [0.29, 0.717) is 24.6 Å². The minimum absolute atomic E-state index is 0.100. The van der Waals surface area contributed by atoms with Crippen LogP contribution in [0.2, 0.25) is 0 Å². The van der Waals surface area contributed by atoms with Crippen molar-refractivity contribution < 1.29 is 9.32 Å².